The molecule has 0 aliphatic carbocycles. The van der Waals surface area contributed by atoms with Crippen molar-refractivity contribution < 1.29 is 18.3 Å². The lowest BCUT2D eigenvalue weighted by atomic mass is 10.1. The first-order valence-electron chi connectivity index (χ1n) is 6.11. The number of fused-ring (bicyclic) bond motifs is 1. The van der Waals surface area contributed by atoms with E-state index in [4.69, 9.17) is 5.11 Å². The van der Waals surface area contributed by atoms with Gasteiger partial charge in [-0.2, -0.15) is 0 Å². The highest BCUT2D eigenvalue weighted by atomic mass is 32.2. The van der Waals surface area contributed by atoms with Crippen LogP contribution in [0.1, 0.15) is 6.92 Å². The summed E-state index contributed by atoms with van der Waals surface area (Å²) in [5, 5.41) is 10.5. The zero-order chi connectivity index (χ0) is 14.8. The van der Waals surface area contributed by atoms with Crippen LogP contribution in [0.3, 0.4) is 0 Å². The molecule has 6 heteroatoms. The predicted octanol–water partition coefficient (Wildman–Crippen LogP) is 1.84. The summed E-state index contributed by atoms with van der Waals surface area (Å²) in [6.45, 7) is 1.32. The van der Waals surface area contributed by atoms with Crippen LogP contribution in [0.5, 0.6) is 0 Å². The van der Waals surface area contributed by atoms with Crippen LogP contribution < -0.4 is 4.72 Å². The largest absolute Gasteiger partial charge is 0.481 e. The summed E-state index contributed by atoms with van der Waals surface area (Å²) in [6.07, 6.45) is 0. The van der Waals surface area contributed by atoms with Gasteiger partial charge in [-0.1, -0.05) is 37.3 Å². The lowest BCUT2D eigenvalue weighted by molar-refractivity contribution is -0.140. The number of benzene rings is 2. The van der Waals surface area contributed by atoms with Crippen LogP contribution in [-0.4, -0.2) is 26.0 Å². The third kappa shape index (κ3) is 3.15. The van der Waals surface area contributed by atoms with Gasteiger partial charge in [0.1, 0.15) is 0 Å². The molecule has 0 amide bonds. The van der Waals surface area contributed by atoms with Gasteiger partial charge in [0.05, 0.1) is 10.8 Å². The number of sulfonamides is 1. The molecule has 0 bridgehead atoms. The lowest BCUT2D eigenvalue weighted by Gasteiger charge is -2.10. The van der Waals surface area contributed by atoms with Crippen LogP contribution in [0, 0.1) is 5.92 Å². The minimum atomic E-state index is -3.69. The van der Waals surface area contributed by atoms with Crippen molar-refractivity contribution >= 4 is 26.8 Å². The van der Waals surface area contributed by atoms with Gasteiger partial charge in [0.2, 0.25) is 10.0 Å². The zero-order valence-electron chi connectivity index (χ0n) is 10.9. The molecule has 2 aromatic carbocycles. The van der Waals surface area contributed by atoms with Crippen molar-refractivity contribution in [3.63, 3.8) is 0 Å². The number of carboxylic acids is 1. The van der Waals surface area contributed by atoms with Crippen molar-refractivity contribution in [3.8, 4) is 0 Å². The third-order valence-electron chi connectivity index (χ3n) is 3.03. The van der Waals surface area contributed by atoms with E-state index in [0.29, 0.717) is 0 Å². The molecule has 20 heavy (non-hydrogen) atoms. The summed E-state index contributed by atoms with van der Waals surface area (Å²) in [4.78, 5) is 10.8. The first-order valence-corrected chi connectivity index (χ1v) is 7.60. The first-order chi connectivity index (χ1) is 9.40. The molecule has 0 saturated carbocycles. The first kappa shape index (κ1) is 14.5. The van der Waals surface area contributed by atoms with Crippen LogP contribution in [0.4, 0.5) is 0 Å². The number of nitrogens with one attached hydrogen (secondary N) is 1. The molecule has 0 aliphatic rings. The van der Waals surface area contributed by atoms with E-state index < -0.39 is 21.9 Å². The second-order valence-corrected chi connectivity index (χ2v) is 6.37. The van der Waals surface area contributed by atoms with Gasteiger partial charge >= 0.3 is 5.97 Å². The van der Waals surface area contributed by atoms with Crippen molar-refractivity contribution in [2.45, 2.75) is 11.8 Å². The highest BCUT2D eigenvalue weighted by Crippen LogP contribution is 2.18. The summed E-state index contributed by atoms with van der Waals surface area (Å²) in [5.41, 5.74) is 0. The molecule has 0 fully saturated rings. The third-order valence-corrected chi connectivity index (χ3v) is 4.45. The fourth-order valence-electron chi connectivity index (χ4n) is 1.74. The number of hydrogen-bond donors (Lipinski definition) is 2. The van der Waals surface area contributed by atoms with E-state index in [1.54, 1.807) is 12.1 Å². The Morgan fingerprint density at radius 1 is 1.20 bits per heavy atom. The Morgan fingerprint density at radius 2 is 1.85 bits per heavy atom. The van der Waals surface area contributed by atoms with Crippen molar-refractivity contribution in [1.82, 2.24) is 4.72 Å². The molecule has 0 aromatic heterocycles. The maximum absolute atomic E-state index is 12.1. The molecule has 0 spiro atoms. The molecule has 2 aromatic rings. The van der Waals surface area contributed by atoms with Crippen LogP contribution in [0.15, 0.2) is 47.4 Å². The molecule has 2 rings (SSSR count). The smallest absolute Gasteiger partial charge is 0.307 e. The molecule has 2 N–H and O–H groups in total. The highest BCUT2D eigenvalue weighted by molar-refractivity contribution is 7.89. The molecule has 0 heterocycles. The molecule has 106 valence electrons. The van der Waals surface area contributed by atoms with E-state index >= 15 is 0 Å². The van der Waals surface area contributed by atoms with Crippen LogP contribution in [-0.2, 0) is 14.8 Å². The van der Waals surface area contributed by atoms with Crippen molar-refractivity contribution in [1.29, 1.82) is 0 Å². The van der Waals surface area contributed by atoms with E-state index in [9.17, 15) is 13.2 Å². The van der Waals surface area contributed by atoms with Gasteiger partial charge in [-0.15, -0.1) is 0 Å². The fourth-order valence-corrected chi connectivity index (χ4v) is 2.91. The maximum Gasteiger partial charge on any atom is 0.307 e. The monoisotopic (exact) mass is 293 g/mol. The average Bonchev–Trinajstić information content (AvgIpc) is 2.44. The summed E-state index contributed by atoms with van der Waals surface area (Å²) in [7, 11) is -3.69. The highest BCUT2D eigenvalue weighted by Gasteiger charge is 2.18. The van der Waals surface area contributed by atoms with E-state index in [1.165, 1.54) is 13.0 Å². The van der Waals surface area contributed by atoms with Crippen LogP contribution >= 0.6 is 0 Å². The fraction of sp³-hybridized carbons (Fsp3) is 0.214. The number of hydrogen-bond acceptors (Lipinski definition) is 3. The lowest BCUT2D eigenvalue weighted by Crippen LogP contribution is -2.31. The van der Waals surface area contributed by atoms with Gasteiger partial charge in [-0.05, 0) is 22.9 Å². The normalized spacial score (nSPS) is 13.2. The molecular weight excluding hydrogens is 278 g/mol. The Hall–Kier alpha value is -1.92. The van der Waals surface area contributed by atoms with Gasteiger partial charge in [0.15, 0.2) is 0 Å². The van der Waals surface area contributed by atoms with Crippen molar-refractivity contribution in [2.24, 2.45) is 5.92 Å². The second-order valence-electron chi connectivity index (χ2n) is 4.60. The van der Waals surface area contributed by atoms with Crippen molar-refractivity contribution in [3.05, 3.63) is 42.5 Å². The second kappa shape index (κ2) is 5.60. The summed E-state index contributed by atoms with van der Waals surface area (Å²) < 4.78 is 26.5. The molecule has 0 radical (unpaired) electrons. The molecule has 5 nitrogen and oxygen atoms in total. The van der Waals surface area contributed by atoms with Crippen LogP contribution in [0.2, 0.25) is 0 Å². The predicted molar refractivity (Wildman–Crippen MR) is 75.9 cm³/mol. The summed E-state index contributed by atoms with van der Waals surface area (Å²) in [6, 6.07) is 12.2. The van der Waals surface area contributed by atoms with Gasteiger partial charge < -0.3 is 5.11 Å². The Balaban J connectivity index is 2.25. The van der Waals surface area contributed by atoms with Gasteiger partial charge in [0.25, 0.3) is 0 Å². The molecule has 0 saturated heterocycles. The Morgan fingerprint density at radius 3 is 2.50 bits per heavy atom. The van der Waals surface area contributed by atoms with E-state index in [-0.39, 0.29) is 11.4 Å². The zero-order valence-corrected chi connectivity index (χ0v) is 11.7. The SMILES string of the molecule is CC(CNS(=O)(=O)c1ccc2ccccc2c1)C(=O)O. The van der Waals surface area contributed by atoms with Gasteiger partial charge in [-0.25, -0.2) is 13.1 Å². The summed E-state index contributed by atoms with van der Waals surface area (Å²) >= 11 is 0. The minimum Gasteiger partial charge on any atom is -0.481 e. The number of aliphatic carboxylic acids is 1. The van der Waals surface area contributed by atoms with E-state index in [0.717, 1.165) is 10.8 Å². The van der Waals surface area contributed by atoms with Crippen LogP contribution in [0.25, 0.3) is 10.8 Å². The summed E-state index contributed by atoms with van der Waals surface area (Å²) in [5.74, 6) is -1.81. The maximum atomic E-state index is 12.1. The average molecular weight is 293 g/mol. The quantitative estimate of drug-likeness (QED) is 0.881. The standard InChI is InChI=1S/C14H15NO4S/c1-10(14(16)17)9-15-20(18,19)13-7-6-11-4-2-3-5-12(11)8-13/h2-8,10,15H,9H2,1H3,(H,16,17). The van der Waals surface area contributed by atoms with E-state index in [2.05, 4.69) is 4.72 Å². The molecule has 1 unspecified atom stereocenters. The van der Waals surface area contributed by atoms with Crippen molar-refractivity contribution in [2.75, 3.05) is 6.54 Å². The molecular formula is C14H15NO4S. The number of carbonyl (C=O) groups is 1. The van der Waals surface area contributed by atoms with Gasteiger partial charge in [0, 0.05) is 6.54 Å². The van der Waals surface area contributed by atoms with Gasteiger partial charge in [-0.3, -0.25) is 4.79 Å². The minimum absolute atomic E-state index is 0.133. The Labute approximate surface area is 117 Å². The number of carboxylic acid groups (broad SMARTS) is 1. The topological polar surface area (TPSA) is 83.5 Å². The number of rotatable bonds is 5. The molecule has 1 atom stereocenters. The Bertz CT molecular complexity index is 740. The molecule has 0 aliphatic heterocycles. The van der Waals surface area contributed by atoms with E-state index in [1.807, 2.05) is 24.3 Å². The Kier molecular flexibility index (Phi) is 4.06.